The molecule has 0 spiro atoms. The molecule has 7 nitrogen and oxygen atoms in total. The molecule has 8 heteroatoms. The highest BCUT2D eigenvalue weighted by Gasteiger charge is 2.32. The number of pyridine rings is 1. The summed E-state index contributed by atoms with van der Waals surface area (Å²) in [5, 5.41) is 0. The van der Waals surface area contributed by atoms with Gasteiger partial charge in [-0.15, -0.1) is 0 Å². The molecule has 1 saturated heterocycles. The second-order valence-electron chi connectivity index (χ2n) is 6.29. The van der Waals surface area contributed by atoms with Crippen LogP contribution in [0.4, 0.5) is 11.5 Å². The Balaban J connectivity index is 1.81. The highest BCUT2D eigenvalue weighted by molar-refractivity contribution is 9.11. The van der Waals surface area contributed by atoms with Crippen LogP contribution in [0.2, 0.25) is 0 Å². The van der Waals surface area contributed by atoms with Gasteiger partial charge in [-0.25, -0.2) is 9.98 Å². The Kier molecular flexibility index (Phi) is 5.07. The van der Waals surface area contributed by atoms with Crippen LogP contribution in [-0.2, 0) is 4.74 Å². The summed E-state index contributed by atoms with van der Waals surface area (Å²) in [6, 6.07) is 4.04. The first-order valence-electron chi connectivity index (χ1n) is 7.95. The molecule has 0 radical (unpaired) electrons. The van der Waals surface area contributed by atoms with Crippen LogP contribution in [0.3, 0.4) is 0 Å². The van der Waals surface area contributed by atoms with Gasteiger partial charge in [0.2, 0.25) is 0 Å². The van der Waals surface area contributed by atoms with Crippen molar-refractivity contribution < 1.29 is 4.74 Å². The molecule has 0 saturated carbocycles. The van der Waals surface area contributed by atoms with Gasteiger partial charge in [0.1, 0.15) is 10.4 Å². The third-order valence-electron chi connectivity index (χ3n) is 4.47. The van der Waals surface area contributed by atoms with E-state index in [1.807, 2.05) is 11.0 Å². The Bertz CT molecular complexity index is 654. The normalized spacial score (nSPS) is 20.6. The van der Waals surface area contributed by atoms with Gasteiger partial charge in [-0.05, 0) is 40.9 Å². The average molecular weight is 395 g/mol. The van der Waals surface area contributed by atoms with Crippen molar-refractivity contribution in [3.8, 4) is 0 Å². The fraction of sp³-hybridized carbons (Fsp3) is 0.500. The maximum atomic E-state index is 6.40. The zero-order chi connectivity index (χ0) is 17.2. The van der Waals surface area contributed by atoms with Crippen molar-refractivity contribution in [3.05, 3.63) is 29.1 Å². The van der Waals surface area contributed by atoms with Crippen LogP contribution in [0, 0.1) is 0 Å². The molecule has 0 bridgehead atoms. The average Bonchev–Trinajstić information content (AvgIpc) is 2.58. The van der Waals surface area contributed by atoms with E-state index in [1.165, 1.54) is 0 Å². The molecule has 3 heterocycles. The molecule has 2 aliphatic rings. The topological polar surface area (TPSA) is 93.0 Å². The molecule has 1 aromatic heterocycles. The van der Waals surface area contributed by atoms with E-state index >= 15 is 0 Å². The lowest BCUT2D eigenvalue weighted by atomic mass is 9.89. The number of nitrogens with two attached hydrogens (primary N) is 2. The van der Waals surface area contributed by atoms with E-state index in [0.29, 0.717) is 19.0 Å². The first-order valence-corrected chi connectivity index (χ1v) is 8.75. The lowest BCUT2D eigenvalue weighted by Gasteiger charge is -2.41. The van der Waals surface area contributed by atoms with Crippen LogP contribution in [0.5, 0.6) is 0 Å². The van der Waals surface area contributed by atoms with Gasteiger partial charge in [-0.2, -0.15) is 0 Å². The first kappa shape index (κ1) is 17.2. The van der Waals surface area contributed by atoms with E-state index in [-0.39, 0.29) is 5.54 Å². The van der Waals surface area contributed by atoms with Gasteiger partial charge in [0.25, 0.3) is 0 Å². The lowest BCUT2D eigenvalue weighted by molar-refractivity contribution is 0.116. The van der Waals surface area contributed by atoms with Gasteiger partial charge in [0.15, 0.2) is 5.82 Å². The van der Waals surface area contributed by atoms with Gasteiger partial charge in [0.05, 0.1) is 25.0 Å². The van der Waals surface area contributed by atoms with E-state index in [4.69, 9.17) is 16.2 Å². The number of rotatable bonds is 4. The molecule has 0 atom stereocenters. The van der Waals surface area contributed by atoms with Gasteiger partial charge < -0.3 is 26.0 Å². The molecular weight excluding hydrogens is 372 g/mol. The zero-order valence-electron chi connectivity index (χ0n) is 13.8. The number of amidine groups is 1. The standard InChI is InChI=1S/C16H23BrN6O/c1-24-11-16(19)4-7-22(8-5-16)12-3-2-6-20-15(12)23-10-14(18)21-9-13(23)17/h2-3,6,9H,4-5,7-8,10-11,19H2,1H3,(H2,18,21). The van der Waals surface area contributed by atoms with Gasteiger partial charge >= 0.3 is 0 Å². The smallest absolute Gasteiger partial charge is 0.157 e. The van der Waals surface area contributed by atoms with E-state index in [1.54, 1.807) is 19.5 Å². The SMILES string of the molecule is COCC1(N)CCN(c2cccnc2N2CC(N)=NC=C2Br)CC1. The maximum Gasteiger partial charge on any atom is 0.157 e. The summed E-state index contributed by atoms with van der Waals surface area (Å²) in [6.45, 7) is 2.85. The highest BCUT2D eigenvalue weighted by Crippen LogP contribution is 2.34. The fourth-order valence-corrected chi connectivity index (χ4v) is 3.52. The molecule has 4 N–H and O–H groups in total. The summed E-state index contributed by atoms with van der Waals surface area (Å²) in [6.07, 6.45) is 5.27. The van der Waals surface area contributed by atoms with Crippen LogP contribution >= 0.6 is 15.9 Å². The number of aromatic nitrogens is 1. The minimum Gasteiger partial charge on any atom is -0.386 e. The molecule has 1 aromatic rings. The molecule has 0 unspecified atom stereocenters. The van der Waals surface area contributed by atoms with Crippen molar-refractivity contribution >= 4 is 33.3 Å². The fourth-order valence-electron chi connectivity index (χ4n) is 3.13. The molecule has 1 fully saturated rings. The predicted molar refractivity (Wildman–Crippen MR) is 100 cm³/mol. The number of aliphatic imine (C=N–C) groups is 1. The van der Waals surface area contributed by atoms with Gasteiger partial charge in [-0.3, -0.25) is 0 Å². The molecule has 130 valence electrons. The Labute approximate surface area is 150 Å². The Morgan fingerprint density at radius 1 is 1.38 bits per heavy atom. The van der Waals surface area contributed by atoms with Crippen molar-refractivity contribution in [2.75, 3.05) is 43.2 Å². The van der Waals surface area contributed by atoms with Crippen LogP contribution in [0.15, 0.2) is 34.1 Å². The number of anilines is 2. The molecular formula is C16H23BrN6O. The molecule has 2 aliphatic heterocycles. The Hall–Kier alpha value is -1.64. The Morgan fingerprint density at radius 3 is 2.83 bits per heavy atom. The van der Waals surface area contributed by atoms with Crippen molar-refractivity contribution in [1.29, 1.82) is 0 Å². The van der Waals surface area contributed by atoms with Crippen molar-refractivity contribution in [2.24, 2.45) is 16.5 Å². The number of halogens is 1. The van der Waals surface area contributed by atoms with E-state index < -0.39 is 0 Å². The number of hydrogen-bond donors (Lipinski definition) is 2. The molecule has 3 rings (SSSR count). The summed E-state index contributed by atoms with van der Waals surface area (Å²) in [4.78, 5) is 13.1. The minimum absolute atomic E-state index is 0.240. The lowest BCUT2D eigenvalue weighted by Crippen LogP contribution is -2.53. The molecule has 0 aliphatic carbocycles. The van der Waals surface area contributed by atoms with Crippen molar-refractivity contribution in [2.45, 2.75) is 18.4 Å². The minimum atomic E-state index is -0.240. The highest BCUT2D eigenvalue weighted by atomic mass is 79.9. The second kappa shape index (κ2) is 7.08. The molecule has 0 aromatic carbocycles. The summed E-state index contributed by atoms with van der Waals surface area (Å²) >= 11 is 3.55. The van der Waals surface area contributed by atoms with Gasteiger partial charge in [0, 0.05) is 31.9 Å². The van der Waals surface area contributed by atoms with Crippen LogP contribution in [0.1, 0.15) is 12.8 Å². The summed E-state index contributed by atoms with van der Waals surface area (Å²) in [7, 11) is 1.70. The van der Waals surface area contributed by atoms with E-state index in [9.17, 15) is 0 Å². The molecule has 24 heavy (non-hydrogen) atoms. The van der Waals surface area contributed by atoms with Gasteiger partial charge in [-0.1, -0.05) is 0 Å². The van der Waals surface area contributed by atoms with Crippen molar-refractivity contribution in [1.82, 2.24) is 4.98 Å². The van der Waals surface area contributed by atoms with Crippen LogP contribution in [-0.4, -0.2) is 49.7 Å². The summed E-state index contributed by atoms with van der Waals surface area (Å²) in [5.74, 6) is 1.43. The number of piperidine rings is 1. The monoisotopic (exact) mass is 394 g/mol. The number of hydrogen-bond acceptors (Lipinski definition) is 7. The number of ether oxygens (including phenoxy) is 1. The Morgan fingerprint density at radius 2 is 2.12 bits per heavy atom. The summed E-state index contributed by atoms with van der Waals surface area (Å²) < 4.78 is 6.11. The third kappa shape index (κ3) is 3.55. The quantitative estimate of drug-likeness (QED) is 0.749. The van der Waals surface area contributed by atoms with Crippen molar-refractivity contribution in [3.63, 3.8) is 0 Å². The second-order valence-corrected chi connectivity index (χ2v) is 7.10. The predicted octanol–water partition coefficient (Wildman–Crippen LogP) is 1.40. The van der Waals surface area contributed by atoms with E-state index in [0.717, 1.165) is 42.0 Å². The molecule has 0 amide bonds. The van der Waals surface area contributed by atoms with Crippen LogP contribution in [0.25, 0.3) is 0 Å². The summed E-state index contributed by atoms with van der Waals surface area (Å²) in [5.41, 5.74) is 13.1. The maximum absolute atomic E-state index is 6.40. The largest absolute Gasteiger partial charge is 0.386 e. The zero-order valence-corrected chi connectivity index (χ0v) is 15.4. The number of methoxy groups -OCH3 is 1. The third-order valence-corrected chi connectivity index (χ3v) is 5.10. The van der Waals surface area contributed by atoms with Crippen LogP contribution < -0.4 is 21.3 Å². The number of nitrogens with zero attached hydrogens (tertiary/aromatic N) is 4. The first-order chi connectivity index (χ1) is 11.5. The van der Waals surface area contributed by atoms with E-state index in [2.05, 4.69) is 36.9 Å².